The Morgan fingerprint density at radius 3 is 2.50 bits per heavy atom. The molecule has 3 aromatic rings. The molecule has 6 heteroatoms. The van der Waals surface area contributed by atoms with Crippen molar-refractivity contribution in [2.45, 2.75) is 0 Å². The third kappa shape index (κ3) is 3.97. The molecule has 0 atom stereocenters. The van der Waals surface area contributed by atoms with E-state index in [1.807, 2.05) is 30.3 Å². The lowest BCUT2D eigenvalue weighted by molar-refractivity contribution is 0.0600. The number of pyridine rings is 1. The van der Waals surface area contributed by atoms with E-state index in [-0.39, 0.29) is 5.91 Å². The highest BCUT2D eigenvalue weighted by molar-refractivity contribution is 5.96. The molecule has 0 aliphatic heterocycles. The van der Waals surface area contributed by atoms with Gasteiger partial charge in [0.25, 0.3) is 5.91 Å². The molecule has 0 spiro atoms. The number of ether oxygens (including phenoxy) is 2. The van der Waals surface area contributed by atoms with Crippen molar-refractivity contribution < 1.29 is 19.1 Å². The fourth-order valence-electron chi connectivity index (χ4n) is 2.50. The lowest BCUT2D eigenvalue weighted by Crippen LogP contribution is -2.28. The molecule has 132 valence electrons. The van der Waals surface area contributed by atoms with Crippen LogP contribution in [0.1, 0.15) is 20.7 Å². The van der Waals surface area contributed by atoms with Crippen LogP contribution in [0.25, 0.3) is 10.9 Å². The maximum absolute atomic E-state index is 12.1. The molecule has 0 bridgehead atoms. The van der Waals surface area contributed by atoms with E-state index in [0.717, 1.165) is 10.9 Å². The number of carbonyl (C=O) groups is 2. The van der Waals surface area contributed by atoms with Crippen LogP contribution in [-0.2, 0) is 4.74 Å². The van der Waals surface area contributed by atoms with Gasteiger partial charge in [-0.2, -0.15) is 0 Å². The first-order valence-electron chi connectivity index (χ1n) is 8.12. The second-order valence-corrected chi connectivity index (χ2v) is 5.50. The monoisotopic (exact) mass is 350 g/mol. The van der Waals surface area contributed by atoms with Crippen LogP contribution in [0, 0.1) is 0 Å². The highest BCUT2D eigenvalue weighted by Crippen LogP contribution is 2.22. The van der Waals surface area contributed by atoms with Crippen molar-refractivity contribution in [3.8, 4) is 5.75 Å². The highest BCUT2D eigenvalue weighted by Gasteiger charge is 2.09. The summed E-state index contributed by atoms with van der Waals surface area (Å²) in [5.74, 6) is 0.00916. The molecule has 1 aromatic heterocycles. The molecular formula is C20H18N2O4. The quantitative estimate of drug-likeness (QED) is 0.546. The fraction of sp³-hybridized carbons (Fsp3) is 0.150. The minimum Gasteiger partial charge on any atom is -0.489 e. The van der Waals surface area contributed by atoms with E-state index in [9.17, 15) is 9.59 Å². The van der Waals surface area contributed by atoms with E-state index in [1.165, 1.54) is 7.11 Å². The van der Waals surface area contributed by atoms with Gasteiger partial charge in [-0.1, -0.05) is 18.2 Å². The van der Waals surface area contributed by atoms with E-state index in [1.54, 1.807) is 30.5 Å². The molecule has 1 heterocycles. The number of methoxy groups -OCH3 is 1. The highest BCUT2D eigenvalue weighted by atomic mass is 16.5. The van der Waals surface area contributed by atoms with Gasteiger partial charge in [-0.15, -0.1) is 0 Å². The normalized spacial score (nSPS) is 10.3. The molecule has 1 amide bonds. The first-order valence-corrected chi connectivity index (χ1v) is 8.12. The summed E-state index contributed by atoms with van der Waals surface area (Å²) in [4.78, 5) is 27.8. The van der Waals surface area contributed by atoms with Gasteiger partial charge in [0.1, 0.15) is 17.9 Å². The lowest BCUT2D eigenvalue weighted by atomic mass is 10.1. The van der Waals surface area contributed by atoms with Crippen LogP contribution in [0.15, 0.2) is 60.8 Å². The third-order valence-corrected chi connectivity index (χ3v) is 3.81. The molecule has 0 saturated carbocycles. The zero-order valence-electron chi connectivity index (χ0n) is 14.3. The first kappa shape index (κ1) is 17.4. The topological polar surface area (TPSA) is 77.5 Å². The molecule has 0 fully saturated rings. The minimum atomic E-state index is -0.436. The van der Waals surface area contributed by atoms with Crippen molar-refractivity contribution in [1.82, 2.24) is 10.3 Å². The molecule has 0 unspecified atom stereocenters. The number of aromatic nitrogens is 1. The standard InChI is InChI=1S/C20H18N2O4/c1-25-20(24)16-9-7-15(8-10-16)19(23)22-12-13-26-17-6-2-4-14-5-3-11-21-18(14)17/h2-11H,12-13H2,1H3,(H,22,23). The summed E-state index contributed by atoms with van der Waals surface area (Å²) in [5, 5.41) is 3.78. The summed E-state index contributed by atoms with van der Waals surface area (Å²) in [5.41, 5.74) is 1.65. The molecule has 0 radical (unpaired) electrons. The third-order valence-electron chi connectivity index (χ3n) is 3.81. The Balaban J connectivity index is 1.53. The number of fused-ring (bicyclic) bond motifs is 1. The summed E-state index contributed by atoms with van der Waals surface area (Å²) >= 11 is 0. The average Bonchev–Trinajstić information content (AvgIpc) is 2.70. The van der Waals surface area contributed by atoms with Gasteiger partial charge in [0.05, 0.1) is 19.2 Å². The van der Waals surface area contributed by atoms with Gasteiger partial charge in [-0.3, -0.25) is 9.78 Å². The van der Waals surface area contributed by atoms with E-state index in [4.69, 9.17) is 4.74 Å². The molecular weight excluding hydrogens is 332 g/mol. The number of amides is 1. The number of para-hydroxylation sites is 1. The number of carbonyl (C=O) groups excluding carboxylic acids is 2. The van der Waals surface area contributed by atoms with Crippen LogP contribution < -0.4 is 10.1 Å². The van der Waals surface area contributed by atoms with Crippen molar-refractivity contribution in [2.24, 2.45) is 0 Å². The van der Waals surface area contributed by atoms with E-state index in [0.29, 0.717) is 30.0 Å². The number of hydrogen-bond donors (Lipinski definition) is 1. The second-order valence-electron chi connectivity index (χ2n) is 5.50. The zero-order valence-corrected chi connectivity index (χ0v) is 14.3. The Morgan fingerprint density at radius 1 is 1.00 bits per heavy atom. The van der Waals surface area contributed by atoms with E-state index >= 15 is 0 Å². The largest absolute Gasteiger partial charge is 0.489 e. The molecule has 26 heavy (non-hydrogen) atoms. The Bertz CT molecular complexity index is 917. The van der Waals surface area contributed by atoms with E-state index < -0.39 is 5.97 Å². The van der Waals surface area contributed by atoms with Gasteiger partial charge in [-0.25, -0.2) is 4.79 Å². The SMILES string of the molecule is COC(=O)c1ccc(C(=O)NCCOc2cccc3cccnc23)cc1. The van der Waals surface area contributed by atoms with Crippen LogP contribution in [0.2, 0.25) is 0 Å². The maximum atomic E-state index is 12.1. The maximum Gasteiger partial charge on any atom is 0.337 e. The second kappa shape index (κ2) is 8.11. The molecule has 1 N–H and O–H groups in total. The van der Waals surface area contributed by atoms with Crippen molar-refractivity contribution in [3.63, 3.8) is 0 Å². The Kier molecular flexibility index (Phi) is 5.43. The van der Waals surface area contributed by atoms with Gasteiger partial charge in [0.2, 0.25) is 0 Å². The summed E-state index contributed by atoms with van der Waals surface area (Å²) in [6, 6.07) is 15.8. The molecule has 2 aromatic carbocycles. The minimum absolute atomic E-state index is 0.235. The number of nitrogens with one attached hydrogen (secondary N) is 1. The lowest BCUT2D eigenvalue weighted by Gasteiger charge is -2.09. The van der Waals surface area contributed by atoms with E-state index in [2.05, 4.69) is 15.0 Å². The number of esters is 1. The molecule has 0 aliphatic carbocycles. The summed E-state index contributed by atoms with van der Waals surface area (Å²) in [6.07, 6.45) is 1.72. The number of rotatable bonds is 6. The van der Waals surface area contributed by atoms with Crippen LogP contribution in [0.3, 0.4) is 0 Å². The Labute approximate surface area is 150 Å². The van der Waals surface area contributed by atoms with Crippen LogP contribution in [0.5, 0.6) is 5.75 Å². The molecule has 3 rings (SSSR count). The fourth-order valence-corrected chi connectivity index (χ4v) is 2.50. The Morgan fingerprint density at radius 2 is 1.73 bits per heavy atom. The van der Waals surface area contributed by atoms with Crippen molar-refractivity contribution in [2.75, 3.05) is 20.3 Å². The molecule has 0 saturated heterocycles. The van der Waals surface area contributed by atoms with Gasteiger partial charge < -0.3 is 14.8 Å². The van der Waals surface area contributed by atoms with Crippen LogP contribution >= 0.6 is 0 Å². The smallest absolute Gasteiger partial charge is 0.337 e. The predicted octanol–water partition coefficient (Wildman–Crippen LogP) is 2.83. The number of benzene rings is 2. The average molecular weight is 350 g/mol. The number of hydrogen-bond acceptors (Lipinski definition) is 5. The summed E-state index contributed by atoms with van der Waals surface area (Å²) in [6.45, 7) is 0.669. The first-order chi connectivity index (χ1) is 12.7. The summed E-state index contributed by atoms with van der Waals surface area (Å²) in [7, 11) is 1.31. The van der Waals surface area contributed by atoms with Crippen molar-refractivity contribution >= 4 is 22.8 Å². The van der Waals surface area contributed by atoms with Gasteiger partial charge in [0, 0.05) is 17.1 Å². The predicted molar refractivity (Wildman–Crippen MR) is 97.4 cm³/mol. The van der Waals surface area contributed by atoms with Gasteiger partial charge >= 0.3 is 5.97 Å². The van der Waals surface area contributed by atoms with Crippen LogP contribution in [-0.4, -0.2) is 37.1 Å². The van der Waals surface area contributed by atoms with Gasteiger partial charge in [-0.05, 0) is 36.4 Å². The molecule has 6 nitrogen and oxygen atoms in total. The van der Waals surface area contributed by atoms with Crippen molar-refractivity contribution in [1.29, 1.82) is 0 Å². The van der Waals surface area contributed by atoms with Crippen molar-refractivity contribution in [3.05, 3.63) is 71.9 Å². The number of nitrogens with zero attached hydrogens (tertiary/aromatic N) is 1. The molecule has 0 aliphatic rings. The Hall–Kier alpha value is -3.41. The zero-order chi connectivity index (χ0) is 18.4. The van der Waals surface area contributed by atoms with Gasteiger partial charge in [0.15, 0.2) is 0 Å². The van der Waals surface area contributed by atoms with Crippen LogP contribution in [0.4, 0.5) is 0 Å². The summed E-state index contributed by atoms with van der Waals surface area (Å²) < 4.78 is 10.4.